The molecule has 1 aromatic carbocycles. The average molecular weight is 388 g/mol. The molecule has 2 atom stereocenters. The van der Waals surface area contributed by atoms with Crippen molar-refractivity contribution in [2.45, 2.75) is 57.2 Å². The number of rotatable bonds is 3. The summed E-state index contributed by atoms with van der Waals surface area (Å²) in [5.74, 6) is -0.133. The van der Waals surface area contributed by atoms with Crippen LogP contribution in [0.15, 0.2) is 18.2 Å². The van der Waals surface area contributed by atoms with Crippen molar-refractivity contribution in [2.24, 2.45) is 0 Å². The van der Waals surface area contributed by atoms with Crippen LogP contribution in [0.4, 0.5) is 10.1 Å². The molecule has 4 heteroatoms. The number of anilines is 1. The Morgan fingerprint density at radius 1 is 1.30 bits per heavy atom. The lowest BCUT2D eigenvalue weighted by molar-refractivity contribution is 0.247. The van der Waals surface area contributed by atoms with Crippen molar-refractivity contribution in [3.8, 4) is 0 Å². The van der Waals surface area contributed by atoms with Crippen molar-refractivity contribution < 1.29 is 4.39 Å². The second kappa shape index (κ2) is 6.18. The van der Waals surface area contributed by atoms with Crippen molar-refractivity contribution >= 4 is 28.3 Å². The molecule has 0 aliphatic carbocycles. The summed E-state index contributed by atoms with van der Waals surface area (Å²) in [6, 6.07) is 7.11. The van der Waals surface area contributed by atoms with E-state index in [-0.39, 0.29) is 5.82 Å². The zero-order valence-electron chi connectivity index (χ0n) is 11.9. The third-order valence-corrected chi connectivity index (χ3v) is 5.52. The normalized spacial score (nSPS) is 29.6. The number of nitrogens with zero attached hydrogens (tertiary/aromatic N) is 1. The van der Waals surface area contributed by atoms with Crippen LogP contribution in [-0.2, 0) is 0 Å². The molecule has 2 saturated heterocycles. The molecular formula is C16H22FIN2. The summed E-state index contributed by atoms with van der Waals surface area (Å²) in [7, 11) is 0. The largest absolute Gasteiger partial charge is 0.365 e. The maximum absolute atomic E-state index is 13.3. The van der Waals surface area contributed by atoms with Gasteiger partial charge in [-0.25, -0.2) is 4.39 Å². The fraction of sp³-hybridized carbons (Fsp3) is 0.625. The minimum atomic E-state index is -0.133. The molecule has 1 aromatic rings. The van der Waals surface area contributed by atoms with Gasteiger partial charge in [0.1, 0.15) is 5.82 Å². The molecule has 2 nitrogen and oxygen atoms in total. The SMILES string of the molecule is CCNC1CC2CCCC(C1)N2c1ccc(F)cc1I. The fourth-order valence-electron chi connectivity index (χ4n) is 3.92. The predicted molar refractivity (Wildman–Crippen MR) is 89.7 cm³/mol. The first-order valence-corrected chi connectivity index (χ1v) is 8.73. The minimum absolute atomic E-state index is 0.133. The number of halogens is 2. The van der Waals surface area contributed by atoms with Crippen molar-refractivity contribution in [1.29, 1.82) is 0 Å². The highest BCUT2D eigenvalue weighted by molar-refractivity contribution is 14.1. The monoisotopic (exact) mass is 388 g/mol. The minimum Gasteiger partial charge on any atom is -0.365 e. The molecule has 2 aliphatic rings. The number of piperidine rings is 2. The van der Waals surface area contributed by atoms with Crippen molar-refractivity contribution in [3.05, 3.63) is 27.6 Å². The molecule has 1 N–H and O–H groups in total. The van der Waals surface area contributed by atoms with Crippen LogP contribution in [0.3, 0.4) is 0 Å². The van der Waals surface area contributed by atoms with Crippen LogP contribution in [0.25, 0.3) is 0 Å². The topological polar surface area (TPSA) is 15.3 Å². The molecule has 0 spiro atoms. The van der Waals surface area contributed by atoms with Gasteiger partial charge in [-0.2, -0.15) is 0 Å². The van der Waals surface area contributed by atoms with Crippen LogP contribution in [0.1, 0.15) is 39.0 Å². The molecule has 2 unspecified atom stereocenters. The third kappa shape index (κ3) is 2.82. The average Bonchev–Trinajstić information content (AvgIpc) is 2.39. The van der Waals surface area contributed by atoms with Gasteiger partial charge in [-0.1, -0.05) is 6.92 Å². The van der Waals surface area contributed by atoms with Crippen molar-refractivity contribution in [3.63, 3.8) is 0 Å². The van der Waals surface area contributed by atoms with E-state index >= 15 is 0 Å². The zero-order chi connectivity index (χ0) is 14.1. The van der Waals surface area contributed by atoms with Crippen LogP contribution >= 0.6 is 22.6 Å². The summed E-state index contributed by atoms with van der Waals surface area (Å²) in [6.45, 7) is 3.24. The predicted octanol–water partition coefficient (Wildman–Crippen LogP) is 3.93. The lowest BCUT2D eigenvalue weighted by Crippen LogP contribution is -2.56. The first kappa shape index (κ1) is 14.6. The maximum atomic E-state index is 13.3. The van der Waals surface area contributed by atoms with Gasteiger partial charge >= 0.3 is 0 Å². The Morgan fingerprint density at radius 3 is 2.60 bits per heavy atom. The van der Waals surface area contributed by atoms with Gasteiger partial charge in [0.05, 0.1) is 5.69 Å². The number of nitrogens with one attached hydrogen (secondary N) is 1. The van der Waals surface area contributed by atoms with Gasteiger partial charge in [0.25, 0.3) is 0 Å². The molecule has 2 aliphatic heterocycles. The first-order valence-electron chi connectivity index (χ1n) is 7.65. The van der Waals surface area contributed by atoms with Crippen LogP contribution in [0.5, 0.6) is 0 Å². The van der Waals surface area contributed by atoms with Gasteiger partial charge in [0, 0.05) is 21.7 Å². The van der Waals surface area contributed by atoms with Crippen LogP contribution in [-0.4, -0.2) is 24.7 Å². The zero-order valence-corrected chi connectivity index (χ0v) is 14.1. The molecule has 0 radical (unpaired) electrons. The molecular weight excluding hydrogens is 366 g/mol. The lowest BCUT2D eigenvalue weighted by atomic mass is 9.81. The van der Waals surface area contributed by atoms with Crippen LogP contribution < -0.4 is 10.2 Å². The Balaban J connectivity index is 1.86. The second-order valence-corrected chi connectivity index (χ2v) is 7.13. The second-order valence-electron chi connectivity index (χ2n) is 5.97. The van der Waals surface area contributed by atoms with Crippen LogP contribution in [0, 0.1) is 9.39 Å². The summed E-state index contributed by atoms with van der Waals surface area (Å²) < 4.78 is 14.4. The van der Waals surface area contributed by atoms with E-state index in [4.69, 9.17) is 0 Å². The molecule has 2 heterocycles. The summed E-state index contributed by atoms with van der Waals surface area (Å²) in [5.41, 5.74) is 1.23. The molecule has 0 amide bonds. The van der Waals surface area contributed by atoms with Gasteiger partial charge in [0.2, 0.25) is 0 Å². The molecule has 0 aromatic heterocycles. The molecule has 110 valence electrons. The third-order valence-electron chi connectivity index (χ3n) is 4.66. The van der Waals surface area contributed by atoms with E-state index < -0.39 is 0 Å². The molecule has 20 heavy (non-hydrogen) atoms. The maximum Gasteiger partial charge on any atom is 0.124 e. The van der Waals surface area contributed by atoms with Crippen molar-refractivity contribution in [1.82, 2.24) is 5.32 Å². The Labute approximate surface area is 134 Å². The van der Waals surface area contributed by atoms with Gasteiger partial charge in [-0.3, -0.25) is 0 Å². The number of hydrogen-bond acceptors (Lipinski definition) is 2. The van der Waals surface area contributed by atoms with E-state index in [1.54, 1.807) is 12.1 Å². The standard InChI is InChI=1S/C16H22FIN2/c1-2-19-12-9-13-4-3-5-14(10-12)20(13)16-7-6-11(17)8-15(16)18/h6-8,12-14,19H,2-5,9-10H2,1H3. The number of fused-ring (bicyclic) bond motifs is 2. The molecule has 2 fully saturated rings. The van der Waals surface area contributed by atoms with E-state index in [1.165, 1.54) is 37.8 Å². The smallest absolute Gasteiger partial charge is 0.124 e. The van der Waals surface area contributed by atoms with E-state index in [0.717, 1.165) is 10.1 Å². The Bertz CT molecular complexity index is 466. The Morgan fingerprint density at radius 2 is 2.00 bits per heavy atom. The lowest BCUT2D eigenvalue weighted by Gasteiger charge is -2.50. The van der Waals surface area contributed by atoms with Gasteiger partial charge in [0.15, 0.2) is 0 Å². The molecule has 2 bridgehead atoms. The van der Waals surface area contributed by atoms with Gasteiger partial charge < -0.3 is 10.2 Å². The summed E-state index contributed by atoms with van der Waals surface area (Å²) in [4.78, 5) is 2.58. The van der Waals surface area contributed by atoms with Gasteiger partial charge in [-0.05, 0) is 79.4 Å². The Kier molecular flexibility index (Phi) is 4.50. The highest BCUT2D eigenvalue weighted by Crippen LogP contribution is 2.39. The van der Waals surface area contributed by atoms with E-state index in [1.807, 2.05) is 6.07 Å². The van der Waals surface area contributed by atoms with E-state index in [2.05, 4.69) is 39.7 Å². The first-order chi connectivity index (χ1) is 9.69. The highest BCUT2D eigenvalue weighted by atomic mass is 127. The molecule has 0 saturated carbocycles. The quantitative estimate of drug-likeness (QED) is 0.790. The number of benzene rings is 1. The van der Waals surface area contributed by atoms with Gasteiger partial charge in [-0.15, -0.1) is 0 Å². The molecule has 3 rings (SSSR count). The van der Waals surface area contributed by atoms with E-state index in [9.17, 15) is 4.39 Å². The summed E-state index contributed by atoms with van der Waals surface area (Å²) in [6.07, 6.45) is 6.32. The summed E-state index contributed by atoms with van der Waals surface area (Å²) in [5, 5.41) is 3.62. The number of hydrogen-bond donors (Lipinski definition) is 1. The highest BCUT2D eigenvalue weighted by Gasteiger charge is 2.38. The summed E-state index contributed by atoms with van der Waals surface area (Å²) >= 11 is 2.27. The van der Waals surface area contributed by atoms with Crippen molar-refractivity contribution in [2.75, 3.05) is 11.4 Å². The van der Waals surface area contributed by atoms with E-state index in [0.29, 0.717) is 18.1 Å². The van der Waals surface area contributed by atoms with Crippen LogP contribution in [0.2, 0.25) is 0 Å². The fourth-order valence-corrected chi connectivity index (χ4v) is 4.68. The Hall–Kier alpha value is -0.360.